The number of esters is 1. The monoisotopic (exact) mass is 141 g/mol. The van der Waals surface area contributed by atoms with Gasteiger partial charge in [0.1, 0.15) is 6.07 Å². The topological polar surface area (TPSA) is 59.3 Å². The Labute approximate surface area is 58.7 Å². The summed E-state index contributed by atoms with van der Waals surface area (Å²) in [6, 6.07) is 1.59. The Balaban J connectivity index is 3.92. The Kier molecular flexibility index (Phi) is 3.92. The summed E-state index contributed by atoms with van der Waals surface area (Å²) in [6.07, 6.45) is -0.205. The Morgan fingerprint density at radius 3 is 2.80 bits per heavy atom. The SMILES string of the molecule is C=COC(=O)C(C#N)OC. The second-order valence-electron chi connectivity index (χ2n) is 1.35. The lowest BCUT2D eigenvalue weighted by atomic mass is 10.4. The van der Waals surface area contributed by atoms with Crippen LogP contribution >= 0.6 is 0 Å². The largest absolute Gasteiger partial charge is 0.432 e. The van der Waals surface area contributed by atoms with Gasteiger partial charge in [-0.2, -0.15) is 5.26 Å². The van der Waals surface area contributed by atoms with E-state index in [0.717, 1.165) is 6.26 Å². The minimum atomic E-state index is -1.15. The Morgan fingerprint density at radius 2 is 2.50 bits per heavy atom. The maximum Gasteiger partial charge on any atom is 0.354 e. The lowest BCUT2D eigenvalue weighted by molar-refractivity contribution is -0.146. The molecule has 0 aromatic heterocycles. The molecular weight excluding hydrogens is 134 g/mol. The van der Waals surface area contributed by atoms with E-state index < -0.39 is 12.1 Å². The van der Waals surface area contributed by atoms with Crippen molar-refractivity contribution in [3.63, 3.8) is 0 Å². The van der Waals surface area contributed by atoms with Crippen LogP contribution in [-0.2, 0) is 14.3 Å². The van der Waals surface area contributed by atoms with Crippen LogP contribution in [0, 0.1) is 11.3 Å². The molecule has 0 saturated carbocycles. The summed E-state index contributed by atoms with van der Waals surface area (Å²) in [6.45, 7) is 3.14. The molecule has 0 N–H and O–H groups in total. The average molecular weight is 141 g/mol. The van der Waals surface area contributed by atoms with Gasteiger partial charge >= 0.3 is 5.97 Å². The lowest BCUT2D eigenvalue weighted by Gasteiger charge is -2.01. The van der Waals surface area contributed by atoms with Crippen molar-refractivity contribution in [2.45, 2.75) is 6.10 Å². The first-order valence-corrected chi connectivity index (χ1v) is 2.50. The third kappa shape index (κ3) is 2.29. The fourth-order valence-electron chi connectivity index (χ4n) is 0.346. The maximum absolute atomic E-state index is 10.6. The van der Waals surface area contributed by atoms with Crippen LogP contribution in [0.2, 0.25) is 0 Å². The molecular formula is C6H7NO3. The van der Waals surface area contributed by atoms with Crippen molar-refractivity contribution in [2.24, 2.45) is 0 Å². The Morgan fingerprint density at radius 1 is 1.90 bits per heavy atom. The predicted molar refractivity (Wildman–Crippen MR) is 32.7 cm³/mol. The smallest absolute Gasteiger partial charge is 0.354 e. The molecule has 0 radical (unpaired) electrons. The van der Waals surface area contributed by atoms with Crippen molar-refractivity contribution < 1.29 is 14.3 Å². The van der Waals surface area contributed by atoms with Crippen LogP contribution in [0.15, 0.2) is 12.8 Å². The second-order valence-corrected chi connectivity index (χ2v) is 1.35. The molecule has 0 rings (SSSR count). The van der Waals surface area contributed by atoms with E-state index in [9.17, 15) is 4.79 Å². The first-order chi connectivity index (χ1) is 4.76. The molecule has 0 aromatic carbocycles. The molecule has 0 heterocycles. The quantitative estimate of drug-likeness (QED) is 0.416. The molecule has 1 unspecified atom stereocenters. The van der Waals surface area contributed by atoms with Crippen LogP contribution < -0.4 is 0 Å². The molecule has 4 nitrogen and oxygen atoms in total. The molecule has 0 aliphatic heterocycles. The van der Waals surface area contributed by atoms with Crippen LogP contribution in [0.4, 0.5) is 0 Å². The highest BCUT2D eigenvalue weighted by Crippen LogP contribution is 1.91. The van der Waals surface area contributed by atoms with Gasteiger partial charge in [-0.15, -0.1) is 0 Å². The number of carbonyl (C=O) groups is 1. The number of carbonyl (C=O) groups excluding carboxylic acids is 1. The van der Waals surface area contributed by atoms with Crippen LogP contribution in [0.1, 0.15) is 0 Å². The van der Waals surface area contributed by atoms with Gasteiger partial charge in [0.15, 0.2) is 0 Å². The summed E-state index contributed by atoms with van der Waals surface area (Å²) < 4.78 is 8.69. The highest BCUT2D eigenvalue weighted by molar-refractivity contribution is 5.78. The van der Waals surface area contributed by atoms with Crippen LogP contribution in [0.25, 0.3) is 0 Å². The summed E-state index contributed by atoms with van der Waals surface area (Å²) >= 11 is 0. The minimum Gasteiger partial charge on any atom is -0.432 e. The normalized spacial score (nSPS) is 11.2. The van der Waals surface area contributed by atoms with Crippen LogP contribution in [0.3, 0.4) is 0 Å². The van der Waals surface area contributed by atoms with Gasteiger partial charge in [0.05, 0.1) is 6.26 Å². The van der Waals surface area contributed by atoms with Crippen molar-refractivity contribution in [3.8, 4) is 6.07 Å². The summed E-state index contributed by atoms with van der Waals surface area (Å²) in [5, 5.41) is 8.21. The summed E-state index contributed by atoms with van der Waals surface area (Å²) in [5.41, 5.74) is 0. The molecule has 0 aliphatic carbocycles. The van der Waals surface area contributed by atoms with Gasteiger partial charge in [0.2, 0.25) is 6.10 Å². The zero-order valence-corrected chi connectivity index (χ0v) is 5.53. The fourth-order valence-corrected chi connectivity index (χ4v) is 0.346. The highest BCUT2D eigenvalue weighted by Gasteiger charge is 2.16. The van der Waals surface area contributed by atoms with Gasteiger partial charge < -0.3 is 9.47 Å². The van der Waals surface area contributed by atoms with Gasteiger partial charge in [-0.05, 0) is 0 Å². The number of hydrogen-bond acceptors (Lipinski definition) is 4. The highest BCUT2D eigenvalue weighted by atomic mass is 16.6. The number of ether oxygens (including phenoxy) is 2. The van der Waals surface area contributed by atoms with E-state index in [2.05, 4.69) is 16.1 Å². The molecule has 0 fully saturated rings. The van der Waals surface area contributed by atoms with Crippen molar-refractivity contribution >= 4 is 5.97 Å². The second kappa shape index (κ2) is 4.53. The predicted octanol–water partition coefficient (Wildman–Crippen LogP) is 0.212. The Bertz CT molecular complexity index is 170. The van der Waals surface area contributed by atoms with Gasteiger partial charge in [0, 0.05) is 7.11 Å². The summed E-state index contributed by atoms with van der Waals surface area (Å²) in [7, 11) is 1.25. The van der Waals surface area contributed by atoms with E-state index in [0.29, 0.717) is 0 Å². The first-order valence-electron chi connectivity index (χ1n) is 2.50. The van der Waals surface area contributed by atoms with Crippen LogP contribution in [-0.4, -0.2) is 19.2 Å². The Hall–Kier alpha value is -1.34. The van der Waals surface area contributed by atoms with E-state index in [4.69, 9.17) is 5.26 Å². The van der Waals surface area contributed by atoms with Crippen molar-refractivity contribution in [1.29, 1.82) is 5.26 Å². The standard InChI is InChI=1S/C6H7NO3/c1-3-10-6(8)5(4-7)9-2/h3,5H,1H2,2H3. The van der Waals surface area contributed by atoms with E-state index >= 15 is 0 Å². The molecule has 0 spiro atoms. The molecule has 0 saturated heterocycles. The molecule has 0 amide bonds. The fraction of sp³-hybridized carbons (Fsp3) is 0.333. The maximum atomic E-state index is 10.6. The number of nitriles is 1. The molecule has 0 aromatic rings. The third-order valence-corrected chi connectivity index (χ3v) is 0.767. The number of nitrogens with zero attached hydrogens (tertiary/aromatic N) is 1. The van der Waals surface area contributed by atoms with Crippen molar-refractivity contribution in [3.05, 3.63) is 12.8 Å². The third-order valence-electron chi connectivity index (χ3n) is 0.767. The van der Waals surface area contributed by atoms with E-state index in [1.165, 1.54) is 7.11 Å². The average Bonchev–Trinajstić information content (AvgIpc) is 1.91. The molecule has 1 atom stereocenters. The van der Waals surface area contributed by atoms with E-state index in [-0.39, 0.29) is 0 Å². The summed E-state index contributed by atoms with van der Waals surface area (Å²) in [4.78, 5) is 10.6. The number of methoxy groups -OCH3 is 1. The van der Waals surface area contributed by atoms with Crippen molar-refractivity contribution in [1.82, 2.24) is 0 Å². The van der Waals surface area contributed by atoms with Crippen LogP contribution in [0.5, 0.6) is 0 Å². The lowest BCUT2D eigenvalue weighted by Crippen LogP contribution is -2.21. The van der Waals surface area contributed by atoms with Crippen molar-refractivity contribution in [2.75, 3.05) is 7.11 Å². The minimum absolute atomic E-state index is 0.750. The van der Waals surface area contributed by atoms with Gasteiger partial charge in [-0.3, -0.25) is 0 Å². The molecule has 0 bridgehead atoms. The summed E-state index contributed by atoms with van der Waals surface area (Å²) in [5.74, 6) is -0.750. The molecule has 10 heavy (non-hydrogen) atoms. The number of rotatable bonds is 3. The molecule has 0 aliphatic rings. The van der Waals surface area contributed by atoms with E-state index in [1.54, 1.807) is 6.07 Å². The number of hydrogen-bond donors (Lipinski definition) is 0. The molecule has 4 heteroatoms. The van der Waals surface area contributed by atoms with E-state index in [1.807, 2.05) is 0 Å². The van der Waals surface area contributed by atoms with Gasteiger partial charge in [-0.25, -0.2) is 4.79 Å². The van der Waals surface area contributed by atoms with Gasteiger partial charge in [-0.1, -0.05) is 6.58 Å². The zero-order chi connectivity index (χ0) is 7.98. The van der Waals surface area contributed by atoms with Gasteiger partial charge in [0.25, 0.3) is 0 Å². The first kappa shape index (κ1) is 8.66. The zero-order valence-electron chi connectivity index (χ0n) is 5.53. The molecule has 54 valence electrons.